The van der Waals surface area contributed by atoms with Gasteiger partial charge in [0.25, 0.3) is 5.88 Å². The summed E-state index contributed by atoms with van der Waals surface area (Å²) < 4.78 is 21.2. The maximum Gasteiger partial charge on any atom is 0.255 e. The molecular weight excluding hydrogens is 309 g/mol. The molecule has 1 fully saturated rings. The number of hydrogen-bond donors (Lipinski definition) is 1. The highest BCUT2D eigenvalue weighted by atomic mass is 19.1. The molecule has 2 aromatic heterocycles. The van der Waals surface area contributed by atoms with Crippen molar-refractivity contribution < 1.29 is 9.13 Å². The first-order chi connectivity index (χ1) is 11.5. The predicted octanol–water partition coefficient (Wildman–Crippen LogP) is 3.61. The van der Waals surface area contributed by atoms with E-state index < -0.39 is 5.82 Å². The lowest BCUT2D eigenvalue weighted by molar-refractivity contribution is 0.178. The van der Waals surface area contributed by atoms with Crippen LogP contribution in [0.15, 0.2) is 12.4 Å². The topological polar surface area (TPSA) is 64.9 Å². The maximum absolute atomic E-state index is 13.9. The highest BCUT2D eigenvalue weighted by Crippen LogP contribution is 2.29. The molecule has 0 unspecified atom stereocenters. The van der Waals surface area contributed by atoms with E-state index >= 15 is 0 Å². The van der Waals surface area contributed by atoms with Gasteiger partial charge in [-0.2, -0.15) is 14.5 Å². The molecule has 0 bridgehead atoms. The number of aryl methyl sites for hydroxylation is 2. The van der Waals surface area contributed by atoms with Crippen LogP contribution in [0, 0.1) is 24.6 Å². The normalized spacial score (nSPS) is 20.8. The quantitative estimate of drug-likeness (QED) is 0.905. The van der Waals surface area contributed by atoms with Crippen molar-refractivity contribution >= 4 is 11.6 Å². The van der Waals surface area contributed by atoms with Gasteiger partial charge in [0.1, 0.15) is 0 Å². The molecule has 0 aromatic carbocycles. The Balaban J connectivity index is 1.64. The summed E-state index contributed by atoms with van der Waals surface area (Å²) in [4.78, 5) is 8.14. The molecular formula is C17H24FN5O. The van der Waals surface area contributed by atoms with Crippen LogP contribution in [0.5, 0.6) is 5.88 Å². The third-order valence-electron chi connectivity index (χ3n) is 4.56. The van der Waals surface area contributed by atoms with Gasteiger partial charge >= 0.3 is 0 Å². The lowest BCUT2D eigenvalue weighted by atomic mass is 9.83. The maximum atomic E-state index is 13.9. The molecule has 24 heavy (non-hydrogen) atoms. The Hall–Kier alpha value is -2.18. The van der Waals surface area contributed by atoms with Crippen molar-refractivity contribution in [2.24, 2.45) is 18.9 Å². The average Bonchev–Trinajstić information content (AvgIpc) is 2.87. The largest absolute Gasteiger partial charge is 0.475 e. The van der Waals surface area contributed by atoms with Gasteiger partial charge in [0.2, 0.25) is 11.8 Å². The molecule has 3 rings (SSSR count). The van der Waals surface area contributed by atoms with E-state index in [0.717, 1.165) is 36.3 Å². The Morgan fingerprint density at radius 3 is 2.75 bits per heavy atom. The van der Waals surface area contributed by atoms with E-state index in [0.29, 0.717) is 18.5 Å². The average molecular weight is 333 g/mol. The summed E-state index contributed by atoms with van der Waals surface area (Å²) in [5.41, 5.74) is 1.61. The van der Waals surface area contributed by atoms with Crippen molar-refractivity contribution in [3.63, 3.8) is 0 Å². The summed E-state index contributed by atoms with van der Waals surface area (Å²) in [5, 5.41) is 7.30. The molecule has 0 saturated heterocycles. The zero-order valence-electron chi connectivity index (χ0n) is 14.4. The number of ether oxygens (including phenoxy) is 1. The molecule has 0 spiro atoms. The van der Waals surface area contributed by atoms with E-state index in [1.54, 1.807) is 4.68 Å². The van der Waals surface area contributed by atoms with Gasteiger partial charge < -0.3 is 10.1 Å². The lowest BCUT2D eigenvalue weighted by Crippen LogP contribution is -2.19. The van der Waals surface area contributed by atoms with E-state index in [4.69, 9.17) is 4.74 Å². The molecule has 130 valence electrons. The van der Waals surface area contributed by atoms with Gasteiger partial charge in [-0.15, -0.1) is 0 Å². The molecule has 1 saturated carbocycles. The summed E-state index contributed by atoms with van der Waals surface area (Å²) in [6.07, 6.45) is 7.66. The highest BCUT2D eigenvalue weighted by Gasteiger charge is 2.20. The molecule has 0 aliphatic heterocycles. The van der Waals surface area contributed by atoms with Gasteiger partial charge in [-0.3, -0.25) is 4.68 Å². The van der Waals surface area contributed by atoms with Crippen LogP contribution >= 0.6 is 0 Å². The van der Waals surface area contributed by atoms with Crippen LogP contribution in [0.25, 0.3) is 0 Å². The van der Waals surface area contributed by atoms with Crippen LogP contribution in [0.2, 0.25) is 0 Å². The number of halogens is 1. The van der Waals surface area contributed by atoms with E-state index in [2.05, 4.69) is 27.3 Å². The Morgan fingerprint density at radius 2 is 2.08 bits per heavy atom. The van der Waals surface area contributed by atoms with Gasteiger partial charge in [-0.1, -0.05) is 19.8 Å². The molecule has 1 aliphatic carbocycles. The molecule has 0 amide bonds. The minimum absolute atomic E-state index is 0.00710. The Kier molecular flexibility index (Phi) is 4.97. The van der Waals surface area contributed by atoms with Gasteiger partial charge in [-0.05, 0) is 31.6 Å². The molecule has 2 heterocycles. The summed E-state index contributed by atoms with van der Waals surface area (Å²) in [5.74, 6) is 1.04. The van der Waals surface area contributed by atoms with Crippen LogP contribution < -0.4 is 10.1 Å². The molecule has 7 heteroatoms. The van der Waals surface area contributed by atoms with Crippen LogP contribution in [-0.4, -0.2) is 26.4 Å². The first-order valence-electron chi connectivity index (χ1n) is 8.44. The smallest absolute Gasteiger partial charge is 0.255 e. The summed E-state index contributed by atoms with van der Waals surface area (Å²) in [7, 11) is 1.84. The second-order valence-electron chi connectivity index (χ2n) is 6.71. The molecule has 1 aliphatic rings. The van der Waals surface area contributed by atoms with Crippen LogP contribution in [0.4, 0.5) is 16.0 Å². The van der Waals surface area contributed by atoms with Crippen LogP contribution in [0.3, 0.4) is 0 Å². The van der Waals surface area contributed by atoms with Gasteiger partial charge in [0, 0.05) is 13.2 Å². The number of aromatic nitrogens is 4. The molecule has 0 radical (unpaired) electrons. The van der Waals surface area contributed by atoms with E-state index in [-0.39, 0.29) is 5.88 Å². The van der Waals surface area contributed by atoms with Crippen LogP contribution in [0.1, 0.15) is 38.3 Å². The fourth-order valence-electron chi connectivity index (χ4n) is 3.05. The zero-order chi connectivity index (χ0) is 17.1. The minimum Gasteiger partial charge on any atom is -0.475 e. The molecule has 6 nitrogen and oxygen atoms in total. The zero-order valence-corrected chi connectivity index (χ0v) is 14.4. The van der Waals surface area contributed by atoms with Crippen LogP contribution in [-0.2, 0) is 7.05 Å². The van der Waals surface area contributed by atoms with Crippen molar-refractivity contribution in [1.82, 2.24) is 19.7 Å². The number of nitrogens with zero attached hydrogens (tertiary/aromatic N) is 4. The first kappa shape index (κ1) is 16.7. The number of nitrogens with one attached hydrogen (secondary N) is 1. The number of rotatable bonds is 5. The van der Waals surface area contributed by atoms with Gasteiger partial charge in [0.05, 0.1) is 24.2 Å². The standard InChI is InChI=1S/C17H24FN5O/c1-11-4-6-13(7-5-11)10-24-16-14(18)8-19-17(21-16)20-15-9-23(3)22-12(15)2/h8-9,11,13H,4-7,10H2,1-3H3,(H,19,20,21). The Bertz CT molecular complexity index is 694. The third kappa shape index (κ3) is 4.01. The molecule has 2 aromatic rings. The van der Waals surface area contributed by atoms with E-state index in [1.165, 1.54) is 12.8 Å². The monoisotopic (exact) mass is 333 g/mol. The fraction of sp³-hybridized carbons (Fsp3) is 0.588. The summed E-state index contributed by atoms with van der Waals surface area (Å²) in [6.45, 7) is 4.67. The fourth-order valence-corrected chi connectivity index (χ4v) is 3.05. The Labute approximate surface area is 141 Å². The second kappa shape index (κ2) is 7.15. The number of anilines is 2. The van der Waals surface area contributed by atoms with Gasteiger partial charge in [-0.25, -0.2) is 4.98 Å². The number of hydrogen-bond acceptors (Lipinski definition) is 5. The van der Waals surface area contributed by atoms with Crippen molar-refractivity contribution in [1.29, 1.82) is 0 Å². The summed E-state index contributed by atoms with van der Waals surface area (Å²) in [6, 6.07) is 0. The summed E-state index contributed by atoms with van der Waals surface area (Å²) >= 11 is 0. The highest BCUT2D eigenvalue weighted by molar-refractivity contribution is 5.55. The van der Waals surface area contributed by atoms with E-state index in [1.807, 2.05) is 20.2 Å². The molecule has 0 atom stereocenters. The second-order valence-corrected chi connectivity index (χ2v) is 6.71. The SMILES string of the molecule is Cc1nn(C)cc1Nc1ncc(F)c(OCC2CCC(C)CC2)n1. The van der Waals surface area contributed by atoms with Crippen molar-refractivity contribution in [2.45, 2.75) is 39.5 Å². The molecule has 1 N–H and O–H groups in total. The van der Waals surface area contributed by atoms with Gasteiger partial charge in [0.15, 0.2) is 0 Å². The van der Waals surface area contributed by atoms with Crippen molar-refractivity contribution in [2.75, 3.05) is 11.9 Å². The first-order valence-corrected chi connectivity index (χ1v) is 8.44. The van der Waals surface area contributed by atoms with Crippen molar-refractivity contribution in [3.05, 3.63) is 23.9 Å². The predicted molar refractivity (Wildman–Crippen MR) is 89.8 cm³/mol. The lowest BCUT2D eigenvalue weighted by Gasteiger charge is -2.25. The van der Waals surface area contributed by atoms with Crippen molar-refractivity contribution in [3.8, 4) is 5.88 Å². The minimum atomic E-state index is -0.535. The van der Waals surface area contributed by atoms with E-state index in [9.17, 15) is 4.39 Å². The Morgan fingerprint density at radius 1 is 1.33 bits per heavy atom. The third-order valence-corrected chi connectivity index (χ3v) is 4.56.